The van der Waals surface area contributed by atoms with Crippen LogP contribution in [0.25, 0.3) is 28.2 Å². The third-order valence-electron chi connectivity index (χ3n) is 6.84. The molecule has 1 aliphatic carbocycles. The Kier molecular flexibility index (Phi) is 6.03. The average Bonchev–Trinajstić information content (AvgIpc) is 3.62. The van der Waals surface area contributed by atoms with E-state index < -0.39 is 0 Å². The van der Waals surface area contributed by atoms with Crippen LogP contribution in [0.3, 0.4) is 0 Å². The molecule has 0 spiro atoms. The molecular weight excluding hydrogens is 454 g/mol. The zero-order chi connectivity index (χ0) is 24.3. The van der Waals surface area contributed by atoms with Crippen molar-refractivity contribution < 1.29 is 9.47 Å². The summed E-state index contributed by atoms with van der Waals surface area (Å²) in [6.07, 6.45) is 9.73. The van der Waals surface area contributed by atoms with Crippen molar-refractivity contribution in [1.29, 1.82) is 0 Å². The summed E-state index contributed by atoms with van der Waals surface area (Å²) in [6, 6.07) is 16.1. The molecule has 182 valence electrons. The lowest BCUT2D eigenvalue weighted by Gasteiger charge is -2.25. The second-order valence-corrected chi connectivity index (χ2v) is 9.10. The summed E-state index contributed by atoms with van der Waals surface area (Å²) in [5.74, 6) is 2.59. The number of methoxy groups -OCH3 is 1. The lowest BCUT2D eigenvalue weighted by Crippen LogP contribution is -2.12. The molecule has 0 radical (unpaired) electrons. The largest absolute Gasteiger partial charge is 0.497 e. The molecule has 0 atom stereocenters. The highest BCUT2D eigenvalue weighted by atomic mass is 16.5. The minimum absolute atomic E-state index is 0.404. The Morgan fingerprint density at radius 1 is 0.972 bits per heavy atom. The minimum Gasteiger partial charge on any atom is -0.497 e. The van der Waals surface area contributed by atoms with Gasteiger partial charge in [0, 0.05) is 17.7 Å². The SMILES string of the molecule is COc1cccc(COc2cccc(-c3cnc4c(-c5nnn[nH]5)cnn4c3C3CCCCC3)c2)c1. The Labute approximate surface area is 208 Å². The van der Waals surface area contributed by atoms with Gasteiger partial charge in [-0.25, -0.2) is 14.6 Å². The van der Waals surface area contributed by atoms with E-state index >= 15 is 0 Å². The zero-order valence-electron chi connectivity index (χ0n) is 20.1. The van der Waals surface area contributed by atoms with E-state index in [1.54, 1.807) is 13.3 Å². The summed E-state index contributed by atoms with van der Waals surface area (Å²) in [5, 5.41) is 19.1. The van der Waals surface area contributed by atoms with Crippen LogP contribution in [-0.4, -0.2) is 42.3 Å². The van der Waals surface area contributed by atoms with Crippen molar-refractivity contribution in [2.24, 2.45) is 0 Å². The molecule has 3 aromatic heterocycles. The van der Waals surface area contributed by atoms with E-state index in [0.29, 0.717) is 18.3 Å². The normalized spacial score (nSPS) is 14.2. The number of hydrogen-bond acceptors (Lipinski definition) is 7. The van der Waals surface area contributed by atoms with Gasteiger partial charge in [0.05, 0.1) is 24.6 Å². The summed E-state index contributed by atoms with van der Waals surface area (Å²) < 4.78 is 13.5. The van der Waals surface area contributed by atoms with Gasteiger partial charge in [0.2, 0.25) is 0 Å². The first-order valence-electron chi connectivity index (χ1n) is 12.3. The van der Waals surface area contributed by atoms with Crippen molar-refractivity contribution in [3.05, 3.63) is 72.2 Å². The van der Waals surface area contributed by atoms with Gasteiger partial charge in [0.25, 0.3) is 0 Å². The van der Waals surface area contributed by atoms with Crippen LogP contribution in [0.15, 0.2) is 60.9 Å². The van der Waals surface area contributed by atoms with Gasteiger partial charge in [-0.1, -0.05) is 43.5 Å². The van der Waals surface area contributed by atoms with Gasteiger partial charge < -0.3 is 9.47 Å². The van der Waals surface area contributed by atoms with E-state index in [9.17, 15) is 0 Å². The van der Waals surface area contributed by atoms with Gasteiger partial charge in [-0.15, -0.1) is 5.10 Å². The van der Waals surface area contributed by atoms with Gasteiger partial charge in [-0.3, -0.25) is 0 Å². The van der Waals surface area contributed by atoms with Crippen molar-refractivity contribution in [2.75, 3.05) is 7.11 Å². The van der Waals surface area contributed by atoms with Crippen LogP contribution in [0, 0.1) is 0 Å². The number of benzene rings is 2. The lowest BCUT2D eigenvalue weighted by atomic mass is 9.84. The lowest BCUT2D eigenvalue weighted by molar-refractivity contribution is 0.305. The van der Waals surface area contributed by atoms with Crippen LogP contribution in [0.4, 0.5) is 0 Å². The highest BCUT2D eigenvalue weighted by Gasteiger charge is 2.25. The van der Waals surface area contributed by atoms with Crippen molar-refractivity contribution in [1.82, 2.24) is 35.2 Å². The molecule has 0 aliphatic heterocycles. The molecule has 3 heterocycles. The van der Waals surface area contributed by atoms with Gasteiger partial charge in [0.1, 0.15) is 18.1 Å². The van der Waals surface area contributed by atoms with Crippen LogP contribution in [0.5, 0.6) is 11.5 Å². The molecule has 1 fully saturated rings. The summed E-state index contributed by atoms with van der Waals surface area (Å²) in [7, 11) is 1.67. The second-order valence-electron chi connectivity index (χ2n) is 9.10. The molecule has 2 aromatic carbocycles. The monoisotopic (exact) mass is 481 g/mol. The molecule has 1 N–H and O–H groups in total. The third kappa shape index (κ3) is 4.28. The maximum Gasteiger partial charge on any atom is 0.184 e. The summed E-state index contributed by atoms with van der Waals surface area (Å²) >= 11 is 0. The van der Waals surface area contributed by atoms with E-state index in [1.165, 1.54) is 25.0 Å². The molecule has 6 rings (SSSR count). The Balaban J connectivity index is 1.38. The maximum absolute atomic E-state index is 6.15. The molecule has 0 unspecified atom stereocenters. The second kappa shape index (κ2) is 9.77. The van der Waals surface area contributed by atoms with Gasteiger partial charge in [-0.2, -0.15) is 5.10 Å². The molecule has 0 bridgehead atoms. The predicted octanol–water partition coefficient (Wildman–Crippen LogP) is 5.21. The molecule has 0 amide bonds. The number of tetrazole rings is 1. The molecule has 9 heteroatoms. The average molecular weight is 482 g/mol. The Morgan fingerprint density at radius 3 is 2.67 bits per heavy atom. The van der Waals surface area contributed by atoms with Crippen LogP contribution in [0.1, 0.15) is 49.3 Å². The fourth-order valence-corrected chi connectivity index (χ4v) is 5.06. The number of H-pyrrole nitrogens is 1. The summed E-state index contributed by atoms with van der Waals surface area (Å²) in [4.78, 5) is 4.80. The fourth-order valence-electron chi connectivity index (χ4n) is 5.06. The van der Waals surface area contributed by atoms with Gasteiger partial charge in [0.15, 0.2) is 11.5 Å². The van der Waals surface area contributed by atoms with Crippen molar-refractivity contribution in [3.8, 4) is 34.0 Å². The maximum atomic E-state index is 6.15. The van der Waals surface area contributed by atoms with E-state index in [2.05, 4.69) is 32.8 Å². The quantitative estimate of drug-likeness (QED) is 0.340. The van der Waals surface area contributed by atoms with E-state index in [-0.39, 0.29) is 0 Å². The van der Waals surface area contributed by atoms with Crippen LogP contribution in [0.2, 0.25) is 0 Å². The van der Waals surface area contributed by atoms with Crippen LogP contribution < -0.4 is 9.47 Å². The van der Waals surface area contributed by atoms with Crippen LogP contribution in [-0.2, 0) is 6.61 Å². The Morgan fingerprint density at radius 2 is 1.83 bits per heavy atom. The number of rotatable bonds is 7. The van der Waals surface area contributed by atoms with Gasteiger partial charge >= 0.3 is 0 Å². The number of fused-ring (bicyclic) bond motifs is 1. The highest BCUT2D eigenvalue weighted by Crippen LogP contribution is 2.39. The molecule has 9 nitrogen and oxygen atoms in total. The number of nitrogens with zero attached hydrogens (tertiary/aromatic N) is 6. The first-order valence-corrected chi connectivity index (χ1v) is 12.3. The van der Waals surface area contributed by atoms with Crippen LogP contribution >= 0.6 is 0 Å². The number of aromatic nitrogens is 7. The van der Waals surface area contributed by atoms with Crippen molar-refractivity contribution >= 4 is 5.65 Å². The number of nitrogens with one attached hydrogen (secondary N) is 1. The predicted molar refractivity (Wildman–Crippen MR) is 135 cm³/mol. The zero-order valence-corrected chi connectivity index (χ0v) is 20.1. The molecular formula is C27H27N7O2. The number of aromatic amines is 1. The standard InChI is InChI=1S/C27H27N7O2/c1-35-21-11-5-7-18(13-21)17-36-22-12-6-10-20(14-22)23-15-28-27-24(26-30-32-33-31-26)16-29-34(27)25(23)19-8-3-2-4-9-19/h5-7,10-16,19H,2-4,8-9,17H2,1H3,(H,30,31,32,33). The molecule has 5 aromatic rings. The summed E-state index contributed by atoms with van der Waals surface area (Å²) in [5.41, 5.74) is 5.92. The Hall–Kier alpha value is -4.27. The molecule has 36 heavy (non-hydrogen) atoms. The third-order valence-corrected chi connectivity index (χ3v) is 6.84. The molecule has 1 saturated carbocycles. The number of ether oxygens (including phenoxy) is 2. The topological polar surface area (TPSA) is 103 Å². The molecule has 1 aliphatic rings. The Bertz CT molecular complexity index is 1470. The first kappa shape index (κ1) is 22.2. The fraction of sp³-hybridized carbons (Fsp3) is 0.296. The molecule has 0 saturated heterocycles. The van der Waals surface area contributed by atoms with E-state index in [1.807, 2.05) is 47.1 Å². The van der Waals surface area contributed by atoms with Crippen molar-refractivity contribution in [2.45, 2.75) is 44.6 Å². The smallest absolute Gasteiger partial charge is 0.184 e. The number of hydrogen-bond donors (Lipinski definition) is 1. The van der Waals surface area contributed by atoms with E-state index in [0.717, 1.165) is 52.2 Å². The minimum atomic E-state index is 0.404. The van der Waals surface area contributed by atoms with Crippen molar-refractivity contribution in [3.63, 3.8) is 0 Å². The van der Waals surface area contributed by atoms with Gasteiger partial charge in [-0.05, 0) is 58.7 Å². The first-order chi connectivity index (χ1) is 17.8. The summed E-state index contributed by atoms with van der Waals surface area (Å²) in [6.45, 7) is 0.459. The van der Waals surface area contributed by atoms with E-state index in [4.69, 9.17) is 19.6 Å². The highest BCUT2D eigenvalue weighted by molar-refractivity contribution is 5.75.